The number of ether oxygens (including phenoxy) is 6. The molecule has 244 valence electrons. The number of carboxylic acid groups (broad SMARTS) is 1. The van der Waals surface area contributed by atoms with Gasteiger partial charge >= 0.3 is 23.9 Å². The molecule has 0 unspecified atom stereocenters. The van der Waals surface area contributed by atoms with Crippen molar-refractivity contribution in [3.63, 3.8) is 0 Å². The van der Waals surface area contributed by atoms with Crippen molar-refractivity contribution in [2.45, 2.75) is 46.3 Å². The first-order chi connectivity index (χ1) is 21.4. The van der Waals surface area contributed by atoms with Crippen molar-refractivity contribution in [1.29, 1.82) is 0 Å². The third-order valence-electron chi connectivity index (χ3n) is 7.36. The zero-order chi connectivity index (χ0) is 33.1. The molecule has 1 amide bonds. The first-order valence-electron chi connectivity index (χ1n) is 14.2. The van der Waals surface area contributed by atoms with E-state index in [-0.39, 0.29) is 30.2 Å². The quantitative estimate of drug-likeness (QED) is 0.187. The Balaban J connectivity index is 1.86. The van der Waals surface area contributed by atoms with Crippen molar-refractivity contribution in [2.75, 3.05) is 33.7 Å². The molecule has 0 spiro atoms. The lowest BCUT2D eigenvalue weighted by atomic mass is 9.67. The van der Waals surface area contributed by atoms with Crippen molar-refractivity contribution in [2.24, 2.45) is 17.3 Å². The van der Waals surface area contributed by atoms with Gasteiger partial charge in [0.05, 0.1) is 18.4 Å². The van der Waals surface area contributed by atoms with Gasteiger partial charge in [0, 0.05) is 24.8 Å². The number of benzene rings is 1. The van der Waals surface area contributed by atoms with Gasteiger partial charge in [0.25, 0.3) is 5.91 Å². The van der Waals surface area contributed by atoms with Crippen molar-refractivity contribution in [3.05, 3.63) is 53.9 Å². The molecule has 2 heterocycles. The van der Waals surface area contributed by atoms with E-state index in [1.165, 1.54) is 40.1 Å². The van der Waals surface area contributed by atoms with Crippen LogP contribution in [0.4, 0.5) is 0 Å². The molecule has 0 bridgehead atoms. The van der Waals surface area contributed by atoms with E-state index in [4.69, 9.17) is 28.4 Å². The summed E-state index contributed by atoms with van der Waals surface area (Å²) in [7, 11) is 1.32. The van der Waals surface area contributed by atoms with Crippen LogP contribution >= 0.6 is 0 Å². The average Bonchev–Trinajstić information content (AvgIpc) is 3.04. The first-order valence-corrected chi connectivity index (χ1v) is 14.2. The summed E-state index contributed by atoms with van der Waals surface area (Å²) in [4.78, 5) is 68.4. The normalized spacial score (nSPS) is 20.4. The molecule has 1 aromatic heterocycles. The van der Waals surface area contributed by atoms with Crippen LogP contribution in [0.25, 0.3) is 0 Å². The van der Waals surface area contributed by atoms with Crippen molar-refractivity contribution >= 4 is 29.8 Å². The molecule has 0 saturated carbocycles. The van der Waals surface area contributed by atoms with Crippen molar-refractivity contribution in [3.8, 4) is 11.5 Å². The Bertz CT molecular complexity index is 1360. The average molecular weight is 631 g/mol. The number of esters is 3. The third-order valence-corrected chi connectivity index (χ3v) is 7.36. The summed E-state index contributed by atoms with van der Waals surface area (Å²) in [6, 6.07) is 8.90. The lowest BCUT2D eigenvalue weighted by Crippen LogP contribution is -2.48. The second-order valence-corrected chi connectivity index (χ2v) is 10.8. The predicted octanol–water partition coefficient (Wildman–Crippen LogP) is 2.18. The number of nitrogens with one attached hydrogen (secondary N) is 1. The molecule has 1 saturated heterocycles. The SMILES string of the molecule is CCOCC(=O)OCOc1c(OC)ccnc1C(=O)N[C@H]1COC(=O)[C@H](Cc2ccccc2)[C@H](C(C)(C)C(=O)O)[C@H](C)OC1=O. The van der Waals surface area contributed by atoms with Crippen LogP contribution in [0.15, 0.2) is 42.6 Å². The van der Waals surface area contributed by atoms with Gasteiger partial charge in [-0.15, -0.1) is 0 Å². The molecule has 2 N–H and O–H groups in total. The van der Waals surface area contributed by atoms with Gasteiger partial charge in [-0.05, 0) is 39.7 Å². The van der Waals surface area contributed by atoms with Gasteiger partial charge < -0.3 is 38.8 Å². The van der Waals surface area contributed by atoms with E-state index in [0.29, 0.717) is 6.61 Å². The molecule has 4 atom stereocenters. The summed E-state index contributed by atoms with van der Waals surface area (Å²) < 4.78 is 31.9. The number of hydrogen-bond acceptors (Lipinski definition) is 12. The first kappa shape index (κ1) is 34.8. The Morgan fingerprint density at radius 3 is 2.47 bits per heavy atom. The van der Waals surface area contributed by atoms with Crippen molar-refractivity contribution < 1.29 is 57.5 Å². The summed E-state index contributed by atoms with van der Waals surface area (Å²) in [5, 5.41) is 12.5. The van der Waals surface area contributed by atoms with Gasteiger partial charge in [0.15, 0.2) is 23.2 Å². The molecule has 0 aliphatic carbocycles. The molecular formula is C31H38N2O12. The monoisotopic (exact) mass is 630 g/mol. The summed E-state index contributed by atoms with van der Waals surface area (Å²) in [6.07, 6.45) is 0.323. The number of amides is 1. The van der Waals surface area contributed by atoms with E-state index < -0.39 is 72.6 Å². The smallest absolute Gasteiger partial charge is 0.334 e. The minimum atomic E-state index is -1.51. The number of hydrogen-bond donors (Lipinski definition) is 2. The molecular weight excluding hydrogens is 592 g/mol. The number of rotatable bonds is 13. The van der Waals surface area contributed by atoms with E-state index in [1.54, 1.807) is 31.2 Å². The van der Waals surface area contributed by atoms with E-state index in [9.17, 15) is 29.1 Å². The van der Waals surface area contributed by atoms with Gasteiger partial charge in [-0.2, -0.15) is 0 Å². The maximum atomic E-state index is 13.5. The van der Waals surface area contributed by atoms with Crippen LogP contribution in [0, 0.1) is 17.3 Å². The molecule has 0 radical (unpaired) electrons. The van der Waals surface area contributed by atoms with E-state index in [2.05, 4.69) is 10.3 Å². The lowest BCUT2D eigenvalue weighted by Gasteiger charge is -2.38. The summed E-state index contributed by atoms with van der Waals surface area (Å²) in [5.41, 5.74) is -1.08. The number of aliphatic carboxylic acids is 1. The fourth-order valence-electron chi connectivity index (χ4n) is 5.06. The molecule has 3 rings (SSSR count). The van der Waals surface area contributed by atoms with E-state index in [1.807, 2.05) is 6.07 Å². The van der Waals surface area contributed by atoms with Gasteiger partial charge in [0.2, 0.25) is 6.79 Å². The number of carboxylic acids is 1. The van der Waals surface area contributed by atoms with Gasteiger partial charge in [-0.25, -0.2) is 14.6 Å². The molecule has 14 heteroatoms. The molecule has 45 heavy (non-hydrogen) atoms. The predicted molar refractivity (Wildman–Crippen MR) is 155 cm³/mol. The van der Waals surface area contributed by atoms with Crippen LogP contribution in [0.3, 0.4) is 0 Å². The topological polar surface area (TPSA) is 186 Å². The Hall–Kier alpha value is -4.72. The Morgan fingerprint density at radius 1 is 1.11 bits per heavy atom. The van der Waals surface area contributed by atoms with Crippen LogP contribution in [0.2, 0.25) is 0 Å². The summed E-state index contributed by atoms with van der Waals surface area (Å²) in [5.74, 6) is -6.61. The van der Waals surface area contributed by atoms with E-state index >= 15 is 0 Å². The van der Waals surface area contributed by atoms with Crippen LogP contribution in [-0.2, 0) is 44.5 Å². The summed E-state index contributed by atoms with van der Waals surface area (Å²) in [6.45, 7) is 4.94. The van der Waals surface area contributed by atoms with Crippen LogP contribution in [0.5, 0.6) is 11.5 Å². The van der Waals surface area contributed by atoms with Gasteiger partial charge in [-0.3, -0.25) is 14.4 Å². The van der Waals surface area contributed by atoms with E-state index in [0.717, 1.165) is 5.56 Å². The van der Waals surface area contributed by atoms with Crippen LogP contribution < -0.4 is 14.8 Å². The number of nitrogens with zero attached hydrogens (tertiary/aromatic N) is 1. The number of cyclic esters (lactones) is 2. The van der Waals surface area contributed by atoms with Crippen LogP contribution in [-0.4, -0.2) is 85.7 Å². The zero-order valence-corrected chi connectivity index (χ0v) is 25.8. The molecule has 1 fully saturated rings. The highest BCUT2D eigenvalue weighted by Crippen LogP contribution is 2.40. The number of methoxy groups -OCH3 is 1. The Kier molecular flexibility index (Phi) is 12.2. The Morgan fingerprint density at radius 2 is 1.82 bits per heavy atom. The number of pyridine rings is 1. The highest BCUT2D eigenvalue weighted by molar-refractivity contribution is 5.98. The Labute approximate surface area is 260 Å². The number of carbonyl (C=O) groups is 5. The second-order valence-electron chi connectivity index (χ2n) is 10.8. The second kappa shape index (κ2) is 15.8. The highest BCUT2D eigenvalue weighted by Gasteiger charge is 2.50. The van der Waals surface area contributed by atoms with Gasteiger partial charge in [0.1, 0.15) is 19.3 Å². The van der Waals surface area contributed by atoms with Crippen LogP contribution in [0.1, 0.15) is 43.7 Å². The molecule has 2 aromatic rings. The standard InChI is InChI=1S/C31H38N2O12/c1-6-41-16-23(34)43-17-44-26-22(40-5)12-13-32-25(26)27(35)33-21-15-42-28(36)20(14-19-10-8-7-9-11-19)24(18(2)45-29(21)37)31(3,4)30(38)39/h7-13,18,20-21,24H,6,14-17H2,1-5H3,(H,33,35)(H,38,39)/t18-,20+,21-,24+/m0/s1. The van der Waals surface area contributed by atoms with Crippen molar-refractivity contribution in [1.82, 2.24) is 10.3 Å². The van der Waals surface area contributed by atoms with Gasteiger partial charge in [-0.1, -0.05) is 30.3 Å². The molecule has 1 aliphatic rings. The lowest BCUT2D eigenvalue weighted by molar-refractivity contribution is -0.168. The third kappa shape index (κ3) is 8.91. The maximum Gasteiger partial charge on any atom is 0.334 e. The molecule has 14 nitrogen and oxygen atoms in total. The summed E-state index contributed by atoms with van der Waals surface area (Å²) >= 11 is 0. The number of aromatic nitrogens is 1. The molecule has 1 aromatic carbocycles. The highest BCUT2D eigenvalue weighted by atomic mass is 16.7. The minimum absolute atomic E-state index is 0.0793. The zero-order valence-electron chi connectivity index (χ0n) is 25.8. The minimum Gasteiger partial charge on any atom is -0.493 e. The largest absolute Gasteiger partial charge is 0.493 e. The number of carbonyl (C=O) groups excluding carboxylic acids is 4. The maximum absolute atomic E-state index is 13.5. The molecule has 1 aliphatic heterocycles. The fraction of sp³-hybridized carbons (Fsp3) is 0.484. The fourth-order valence-corrected chi connectivity index (χ4v) is 5.06.